The lowest BCUT2D eigenvalue weighted by atomic mass is 10.0. The van der Waals surface area contributed by atoms with Gasteiger partial charge in [0, 0.05) is 30.6 Å². The maximum atomic E-state index is 11.0. The maximum Gasteiger partial charge on any atom is 0.267 e. The molecule has 6 nitrogen and oxygen atoms in total. The fourth-order valence-corrected chi connectivity index (χ4v) is 3.37. The highest BCUT2D eigenvalue weighted by atomic mass is 16.5. The molecule has 1 atom stereocenters. The van der Waals surface area contributed by atoms with Crippen molar-refractivity contribution in [1.82, 2.24) is 20.2 Å². The van der Waals surface area contributed by atoms with Gasteiger partial charge in [0.15, 0.2) is 0 Å². The average Bonchev–Trinajstić information content (AvgIpc) is 3.27. The number of aromatic nitrogens is 2. The summed E-state index contributed by atoms with van der Waals surface area (Å²) in [6.07, 6.45) is 7.22. The van der Waals surface area contributed by atoms with Gasteiger partial charge in [-0.1, -0.05) is 24.3 Å². The number of hydroxylamine groups is 1. The van der Waals surface area contributed by atoms with E-state index in [1.165, 1.54) is 30.2 Å². The van der Waals surface area contributed by atoms with Crippen LogP contribution in [-0.2, 0) is 11.3 Å². The Balaban J connectivity index is 1.62. The van der Waals surface area contributed by atoms with Gasteiger partial charge in [-0.05, 0) is 49.6 Å². The summed E-state index contributed by atoms with van der Waals surface area (Å²) in [5.74, 6) is -0.528. The molecule has 0 spiro atoms. The van der Waals surface area contributed by atoms with Gasteiger partial charge in [0.05, 0.1) is 6.54 Å². The van der Waals surface area contributed by atoms with Crippen molar-refractivity contribution in [3.05, 3.63) is 59.4 Å². The quantitative estimate of drug-likeness (QED) is 0.482. The summed E-state index contributed by atoms with van der Waals surface area (Å²) >= 11 is 0. The molecule has 3 rings (SSSR count). The molecule has 6 heteroatoms. The number of hydrogen-bond donors (Lipinski definition) is 2. The molecule has 0 saturated carbocycles. The minimum atomic E-state index is -0.528. The van der Waals surface area contributed by atoms with Gasteiger partial charge in [-0.3, -0.25) is 19.6 Å². The number of rotatable bonds is 6. The van der Waals surface area contributed by atoms with Gasteiger partial charge in [-0.25, -0.2) is 5.48 Å². The number of carbonyl (C=O) groups is 1. The summed E-state index contributed by atoms with van der Waals surface area (Å²) in [5.41, 5.74) is 5.02. The molecule has 1 fully saturated rings. The van der Waals surface area contributed by atoms with Crippen molar-refractivity contribution >= 4 is 12.0 Å². The van der Waals surface area contributed by atoms with Crippen LogP contribution in [0.1, 0.15) is 35.7 Å². The van der Waals surface area contributed by atoms with E-state index in [2.05, 4.69) is 33.7 Å². The molecule has 0 radical (unpaired) electrons. The topological polar surface area (TPSA) is 70.4 Å². The second-order valence-corrected chi connectivity index (χ2v) is 6.37. The molecule has 2 heterocycles. The molecule has 1 aromatic heterocycles. The largest absolute Gasteiger partial charge is 0.294 e. The van der Waals surface area contributed by atoms with Crippen molar-refractivity contribution in [2.24, 2.45) is 0 Å². The Bertz CT molecular complexity index is 736. The zero-order valence-electron chi connectivity index (χ0n) is 14.4. The van der Waals surface area contributed by atoms with Gasteiger partial charge < -0.3 is 0 Å². The van der Waals surface area contributed by atoms with Gasteiger partial charge in [0.25, 0.3) is 5.91 Å². The van der Waals surface area contributed by atoms with Crippen LogP contribution in [0.15, 0.2) is 42.6 Å². The molecule has 2 N–H and O–H groups in total. The van der Waals surface area contributed by atoms with E-state index in [1.807, 2.05) is 24.4 Å². The Hall–Kier alpha value is -2.44. The van der Waals surface area contributed by atoms with Crippen LogP contribution in [0, 0.1) is 6.92 Å². The number of aryl methyl sites for hydroxylation is 1. The predicted octanol–water partition coefficient (Wildman–Crippen LogP) is 2.55. The van der Waals surface area contributed by atoms with Crippen LogP contribution in [0.5, 0.6) is 0 Å². The van der Waals surface area contributed by atoms with E-state index < -0.39 is 5.91 Å². The second kappa shape index (κ2) is 8.09. The van der Waals surface area contributed by atoms with Crippen LogP contribution in [-0.4, -0.2) is 38.9 Å². The molecular weight excluding hydrogens is 316 g/mol. The van der Waals surface area contributed by atoms with E-state index in [0.29, 0.717) is 6.04 Å². The molecule has 0 bridgehead atoms. The van der Waals surface area contributed by atoms with Crippen molar-refractivity contribution in [2.45, 2.75) is 32.4 Å². The summed E-state index contributed by atoms with van der Waals surface area (Å²) in [6.45, 7) is 5.10. The van der Waals surface area contributed by atoms with Crippen LogP contribution < -0.4 is 5.48 Å². The maximum absolute atomic E-state index is 11.0. The number of amides is 1. The molecule has 1 aliphatic heterocycles. The minimum Gasteiger partial charge on any atom is -0.294 e. The first-order valence-electron chi connectivity index (χ1n) is 8.62. The van der Waals surface area contributed by atoms with E-state index >= 15 is 0 Å². The number of nitrogens with one attached hydrogen (secondary N) is 1. The summed E-state index contributed by atoms with van der Waals surface area (Å²) in [7, 11) is 0. The highest BCUT2D eigenvalue weighted by molar-refractivity contribution is 5.90. The van der Waals surface area contributed by atoms with Crippen molar-refractivity contribution in [3.8, 4) is 0 Å². The molecular formula is C19H24N4O2. The normalized spacial score (nSPS) is 18.1. The van der Waals surface area contributed by atoms with Crippen LogP contribution >= 0.6 is 0 Å². The zero-order chi connectivity index (χ0) is 17.6. The van der Waals surface area contributed by atoms with Crippen molar-refractivity contribution < 1.29 is 10.0 Å². The van der Waals surface area contributed by atoms with Crippen LogP contribution in [0.2, 0.25) is 0 Å². The fourth-order valence-electron chi connectivity index (χ4n) is 3.37. The second-order valence-electron chi connectivity index (χ2n) is 6.37. The third-order valence-electron chi connectivity index (χ3n) is 4.75. The summed E-state index contributed by atoms with van der Waals surface area (Å²) in [5, 5.41) is 12.9. The Morgan fingerprint density at radius 3 is 2.80 bits per heavy atom. The number of carbonyl (C=O) groups excluding carboxylic acids is 1. The molecule has 1 saturated heterocycles. The number of benzene rings is 1. The fraction of sp³-hybridized carbons (Fsp3) is 0.368. The SMILES string of the molecule is Cc1ccnn1CCN1CCC[C@H]1c1ccc(/C=C/C(=O)NO)cc1. The van der Waals surface area contributed by atoms with E-state index in [9.17, 15) is 4.79 Å². The first kappa shape index (κ1) is 17.4. The summed E-state index contributed by atoms with van der Waals surface area (Å²) in [4.78, 5) is 13.6. The Labute approximate surface area is 147 Å². The third-order valence-corrected chi connectivity index (χ3v) is 4.75. The lowest BCUT2D eigenvalue weighted by Gasteiger charge is -2.25. The van der Waals surface area contributed by atoms with Gasteiger partial charge in [-0.2, -0.15) is 5.10 Å². The Morgan fingerprint density at radius 2 is 2.12 bits per heavy atom. The molecule has 0 aliphatic carbocycles. The van der Waals surface area contributed by atoms with Crippen LogP contribution in [0.25, 0.3) is 6.08 Å². The number of nitrogens with zero attached hydrogens (tertiary/aromatic N) is 3. The van der Waals surface area contributed by atoms with E-state index in [1.54, 1.807) is 11.6 Å². The van der Waals surface area contributed by atoms with Crippen LogP contribution in [0.3, 0.4) is 0 Å². The smallest absolute Gasteiger partial charge is 0.267 e. The van der Waals surface area contributed by atoms with Crippen molar-refractivity contribution in [3.63, 3.8) is 0 Å². The van der Waals surface area contributed by atoms with Gasteiger partial charge in [0.1, 0.15) is 0 Å². The van der Waals surface area contributed by atoms with Gasteiger partial charge in [-0.15, -0.1) is 0 Å². The minimum absolute atomic E-state index is 0.439. The summed E-state index contributed by atoms with van der Waals surface area (Å²) < 4.78 is 2.05. The Morgan fingerprint density at radius 1 is 1.32 bits per heavy atom. The molecule has 0 unspecified atom stereocenters. The monoisotopic (exact) mass is 340 g/mol. The third kappa shape index (κ3) is 4.35. The Kier molecular flexibility index (Phi) is 5.63. The highest BCUT2D eigenvalue weighted by Crippen LogP contribution is 2.31. The molecule has 132 valence electrons. The molecule has 1 aromatic carbocycles. The molecule has 2 aromatic rings. The standard InChI is InChI=1S/C19H24N4O2/c1-15-10-11-20-23(15)14-13-22-12-2-3-18(22)17-7-4-16(5-8-17)6-9-19(24)21-25/h4-11,18,25H,2-3,12-14H2,1H3,(H,21,24)/b9-6+/t18-/m0/s1. The highest BCUT2D eigenvalue weighted by Gasteiger charge is 2.25. The molecule has 1 aliphatic rings. The molecule has 25 heavy (non-hydrogen) atoms. The number of hydrogen-bond acceptors (Lipinski definition) is 4. The number of likely N-dealkylation sites (tertiary alicyclic amines) is 1. The first-order valence-corrected chi connectivity index (χ1v) is 8.62. The van der Waals surface area contributed by atoms with Gasteiger partial charge >= 0.3 is 0 Å². The molecule has 1 amide bonds. The lowest BCUT2D eigenvalue weighted by molar-refractivity contribution is -0.124. The average molecular weight is 340 g/mol. The van der Waals surface area contributed by atoms with Gasteiger partial charge in [0.2, 0.25) is 0 Å². The van der Waals surface area contributed by atoms with E-state index in [-0.39, 0.29) is 0 Å². The van der Waals surface area contributed by atoms with Crippen molar-refractivity contribution in [2.75, 3.05) is 13.1 Å². The summed E-state index contributed by atoms with van der Waals surface area (Å²) in [6, 6.07) is 10.7. The predicted molar refractivity (Wildman–Crippen MR) is 95.9 cm³/mol. The van der Waals surface area contributed by atoms with Crippen LogP contribution in [0.4, 0.5) is 0 Å². The van der Waals surface area contributed by atoms with E-state index in [0.717, 1.165) is 25.2 Å². The van der Waals surface area contributed by atoms with Crippen molar-refractivity contribution in [1.29, 1.82) is 0 Å². The first-order chi connectivity index (χ1) is 12.2. The lowest BCUT2D eigenvalue weighted by Crippen LogP contribution is -2.27. The van der Waals surface area contributed by atoms with E-state index in [4.69, 9.17) is 5.21 Å². The zero-order valence-corrected chi connectivity index (χ0v) is 14.4.